The number of carboxylic acids is 1. The van der Waals surface area contributed by atoms with Gasteiger partial charge in [0.1, 0.15) is 18.8 Å². The van der Waals surface area contributed by atoms with Gasteiger partial charge in [0.15, 0.2) is 24.6 Å². The van der Waals surface area contributed by atoms with Crippen LogP contribution in [0.25, 0.3) is 0 Å². The van der Waals surface area contributed by atoms with Crippen LogP contribution in [-0.4, -0.2) is 89.2 Å². The number of unbranched alkanes of at least 4 members (excludes halogenated alkanes) is 32. The SMILES string of the molecule is CC/C=C\C/C=C\C/C=C\C/C=C\CCCCCCC(=O)OC1C(OCC(COC(=O)CCCCCCCCCCCCCCCCC)OC(=O)CCCCCCCCCCCCCCCCC)OC(C(=O)O)C(O)C1O. The molecular formula is C65H114O12. The molecule has 1 aliphatic heterocycles. The first-order chi connectivity index (χ1) is 37.6. The number of carbonyl (C=O) groups excluding carboxylic acids is 3. The fourth-order valence-corrected chi connectivity index (χ4v) is 9.60. The van der Waals surface area contributed by atoms with Crippen molar-refractivity contribution in [3.8, 4) is 0 Å². The first-order valence-electron chi connectivity index (χ1n) is 31.6. The molecule has 0 saturated carbocycles. The van der Waals surface area contributed by atoms with Crippen molar-refractivity contribution in [2.24, 2.45) is 0 Å². The van der Waals surface area contributed by atoms with Gasteiger partial charge in [-0.05, 0) is 57.8 Å². The van der Waals surface area contributed by atoms with Gasteiger partial charge in [0, 0.05) is 19.3 Å². The zero-order chi connectivity index (χ0) is 56.1. The largest absolute Gasteiger partial charge is 0.479 e. The van der Waals surface area contributed by atoms with Gasteiger partial charge >= 0.3 is 23.9 Å². The van der Waals surface area contributed by atoms with E-state index in [1.807, 2.05) is 0 Å². The molecule has 0 radical (unpaired) electrons. The molecule has 1 fully saturated rings. The van der Waals surface area contributed by atoms with Crippen molar-refractivity contribution in [3.05, 3.63) is 48.6 Å². The molecule has 6 unspecified atom stereocenters. The lowest BCUT2D eigenvalue weighted by molar-refractivity contribution is -0.301. The van der Waals surface area contributed by atoms with Crippen molar-refractivity contribution in [1.29, 1.82) is 0 Å². The third-order valence-electron chi connectivity index (χ3n) is 14.4. The minimum Gasteiger partial charge on any atom is -0.479 e. The Kier molecular flexibility index (Phi) is 49.7. The summed E-state index contributed by atoms with van der Waals surface area (Å²) in [5, 5.41) is 31.5. The maximum atomic E-state index is 13.2. The van der Waals surface area contributed by atoms with Crippen LogP contribution in [0.3, 0.4) is 0 Å². The van der Waals surface area contributed by atoms with Gasteiger partial charge in [-0.2, -0.15) is 0 Å². The van der Waals surface area contributed by atoms with Gasteiger partial charge in [0.2, 0.25) is 0 Å². The molecule has 1 aliphatic rings. The number of allylic oxidation sites excluding steroid dienone is 8. The van der Waals surface area contributed by atoms with Gasteiger partial charge in [-0.15, -0.1) is 0 Å². The summed E-state index contributed by atoms with van der Waals surface area (Å²) < 4.78 is 28.5. The number of ether oxygens (including phenoxy) is 5. The number of aliphatic carboxylic acids is 1. The van der Waals surface area contributed by atoms with Crippen molar-refractivity contribution in [3.63, 3.8) is 0 Å². The van der Waals surface area contributed by atoms with Crippen molar-refractivity contribution in [1.82, 2.24) is 0 Å². The predicted octanol–water partition coefficient (Wildman–Crippen LogP) is 16.6. The van der Waals surface area contributed by atoms with Crippen LogP contribution in [0.15, 0.2) is 48.6 Å². The monoisotopic (exact) mass is 1090 g/mol. The molecule has 0 aromatic rings. The zero-order valence-corrected chi connectivity index (χ0v) is 49.2. The lowest BCUT2D eigenvalue weighted by Crippen LogP contribution is -2.61. The summed E-state index contributed by atoms with van der Waals surface area (Å²) in [7, 11) is 0. The van der Waals surface area contributed by atoms with Crippen LogP contribution in [0.4, 0.5) is 0 Å². The first-order valence-corrected chi connectivity index (χ1v) is 31.6. The van der Waals surface area contributed by atoms with Gasteiger partial charge in [-0.1, -0.05) is 262 Å². The van der Waals surface area contributed by atoms with Crippen molar-refractivity contribution < 1.29 is 58.2 Å². The third-order valence-corrected chi connectivity index (χ3v) is 14.4. The number of carbonyl (C=O) groups is 4. The van der Waals surface area contributed by atoms with Crippen molar-refractivity contribution >= 4 is 23.9 Å². The summed E-state index contributed by atoms with van der Waals surface area (Å²) in [4.78, 5) is 51.2. The standard InChI is InChI=1S/C65H114O12/c1-4-7-10-13-16-19-22-25-28-29-32-35-38-41-44-47-50-53-59(68)76-63-61(70)60(69)62(64(71)72)77-65(63)74-55-56(75-58(67)52-49-46-43-40-37-34-31-27-24-21-18-15-12-9-6-3)54-73-57(66)51-48-45-42-39-36-33-30-26-23-20-17-14-11-8-5-2/h7,10,16,19,25,28,32,35,56,60-63,65,69-70H,4-6,8-9,11-15,17-18,20-24,26-27,29-31,33-34,36-55H2,1-3H3,(H,71,72)/b10-7-,19-16-,28-25-,35-32-. The highest BCUT2D eigenvalue weighted by Gasteiger charge is 2.50. The Hall–Kier alpha value is -3.32. The number of carboxylic acid groups (broad SMARTS) is 1. The zero-order valence-electron chi connectivity index (χ0n) is 49.2. The third kappa shape index (κ3) is 43.2. The summed E-state index contributed by atoms with van der Waals surface area (Å²) in [6.07, 6.45) is 52.1. The van der Waals surface area contributed by atoms with Gasteiger partial charge in [0.25, 0.3) is 0 Å². The average Bonchev–Trinajstić information content (AvgIpc) is 3.43. The van der Waals surface area contributed by atoms with E-state index in [1.165, 1.54) is 141 Å². The average molecular weight is 1090 g/mol. The van der Waals surface area contributed by atoms with Gasteiger partial charge in [0.05, 0.1) is 6.61 Å². The van der Waals surface area contributed by atoms with E-state index in [2.05, 4.69) is 69.4 Å². The van der Waals surface area contributed by atoms with Crippen molar-refractivity contribution in [2.75, 3.05) is 13.2 Å². The van der Waals surface area contributed by atoms with Gasteiger partial charge in [-0.3, -0.25) is 14.4 Å². The second-order valence-electron chi connectivity index (χ2n) is 21.7. The Morgan fingerprint density at radius 2 is 0.818 bits per heavy atom. The molecule has 0 spiro atoms. The maximum absolute atomic E-state index is 13.2. The quantitative estimate of drug-likeness (QED) is 0.0228. The number of hydrogen-bond donors (Lipinski definition) is 3. The van der Waals surface area contributed by atoms with Crippen molar-refractivity contribution in [2.45, 2.75) is 327 Å². The summed E-state index contributed by atoms with van der Waals surface area (Å²) in [5.74, 6) is -3.12. The minimum atomic E-state index is -1.91. The van der Waals surface area contributed by atoms with Crippen LogP contribution in [0.5, 0.6) is 0 Å². The van der Waals surface area contributed by atoms with E-state index in [0.717, 1.165) is 89.9 Å². The molecule has 1 rings (SSSR count). The summed E-state index contributed by atoms with van der Waals surface area (Å²) in [5.41, 5.74) is 0. The molecule has 0 aliphatic carbocycles. The Morgan fingerprint density at radius 1 is 0.442 bits per heavy atom. The molecule has 0 aromatic heterocycles. The fourth-order valence-electron chi connectivity index (χ4n) is 9.60. The second-order valence-corrected chi connectivity index (χ2v) is 21.7. The molecule has 0 bridgehead atoms. The van der Waals surface area contributed by atoms with E-state index < -0.39 is 67.3 Å². The fraction of sp³-hybridized carbons (Fsp3) is 0.815. The number of aliphatic hydroxyl groups is 2. The number of rotatable bonds is 54. The van der Waals surface area contributed by atoms with Gasteiger partial charge in [-0.25, -0.2) is 4.79 Å². The molecule has 446 valence electrons. The Labute approximate surface area is 469 Å². The summed E-state index contributed by atoms with van der Waals surface area (Å²) in [6.45, 7) is 5.91. The van der Waals surface area contributed by atoms with E-state index in [0.29, 0.717) is 19.3 Å². The van der Waals surface area contributed by atoms with Crippen LogP contribution in [0, 0.1) is 0 Å². The minimum absolute atomic E-state index is 0.0349. The highest BCUT2D eigenvalue weighted by Crippen LogP contribution is 2.27. The van der Waals surface area contributed by atoms with Crippen LogP contribution >= 0.6 is 0 Å². The molecule has 0 amide bonds. The molecule has 0 aromatic carbocycles. The molecule has 1 heterocycles. The van der Waals surface area contributed by atoms with E-state index in [4.69, 9.17) is 23.7 Å². The topological polar surface area (TPSA) is 175 Å². The first kappa shape index (κ1) is 71.7. The van der Waals surface area contributed by atoms with E-state index in [9.17, 15) is 34.5 Å². The predicted molar refractivity (Wildman–Crippen MR) is 312 cm³/mol. The second kappa shape index (κ2) is 53.3. The van der Waals surface area contributed by atoms with Crippen LogP contribution in [0.2, 0.25) is 0 Å². The lowest BCUT2D eigenvalue weighted by Gasteiger charge is -2.40. The Balaban J connectivity index is 2.67. The smallest absolute Gasteiger partial charge is 0.335 e. The highest BCUT2D eigenvalue weighted by atomic mass is 16.7. The molecule has 77 heavy (non-hydrogen) atoms. The Morgan fingerprint density at radius 3 is 1.25 bits per heavy atom. The summed E-state index contributed by atoms with van der Waals surface area (Å²) in [6, 6.07) is 0. The lowest BCUT2D eigenvalue weighted by atomic mass is 9.98. The Bertz CT molecular complexity index is 1520. The maximum Gasteiger partial charge on any atom is 0.335 e. The molecule has 12 heteroatoms. The van der Waals surface area contributed by atoms with Gasteiger partial charge < -0.3 is 39.0 Å². The van der Waals surface area contributed by atoms with E-state index >= 15 is 0 Å². The molecule has 6 atom stereocenters. The van der Waals surface area contributed by atoms with Crippen LogP contribution in [-0.2, 0) is 42.9 Å². The van der Waals surface area contributed by atoms with E-state index in [1.54, 1.807) is 0 Å². The normalized spacial score (nSPS) is 18.3. The van der Waals surface area contributed by atoms with Crippen LogP contribution < -0.4 is 0 Å². The number of hydrogen-bond acceptors (Lipinski definition) is 11. The molecular weight excluding hydrogens is 973 g/mol. The van der Waals surface area contributed by atoms with E-state index in [-0.39, 0.29) is 25.9 Å². The highest BCUT2D eigenvalue weighted by molar-refractivity contribution is 5.74. The number of aliphatic hydroxyl groups excluding tert-OH is 2. The summed E-state index contributed by atoms with van der Waals surface area (Å²) >= 11 is 0. The van der Waals surface area contributed by atoms with Crippen LogP contribution in [0.1, 0.15) is 290 Å². The molecule has 3 N–H and O–H groups in total. The molecule has 12 nitrogen and oxygen atoms in total. The number of esters is 3. The molecule has 1 saturated heterocycles.